The first-order chi connectivity index (χ1) is 12.6. The SMILES string of the molecule is O=C(Oc1cc2c(Nc3cc(Cl)ccc3F)ncnc2cn1)N1CCC1. The van der Waals surface area contributed by atoms with Gasteiger partial charge in [-0.1, -0.05) is 11.6 Å². The van der Waals surface area contributed by atoms with Gasteiger partial charge in [-0.2, -0.15) is 0 Å². The predicted molar refractivity (Wildman–Crippen MR) is 94.2 cm³/mol. The zero-order valence-corrected chi connectivity index (χ0v) is 14.2. The molecule has 2 aromatic heterocycles. The summed E-state index contributed by atoms with van der Waals surface area (Å²) in [6, 6.07) is 5.71. The van der Waals surface area contributed by atoms with Crippen LogP contribution in [0, 0.1) is 5.82 Å². The highest BCUT2D eigenvalue weighted by Crippen LogP contribution is 2.28. The molecule has 3 aromatic rings. The van der Waals surface area contributed by atoms with Crippen LogP contribution in [0.25, 0.3) is 10.9 Å². The molecule has 0 saturated carbocycles. The highest BCUT2D eigenvalue weighted by atomic mass is 35.5. The summed E-state index contributed by atoms with van der Waals surface area (Å²) < 4.78 is 19.3. The number of hydrogen-bond donors (Lipinski definition) is 1. The summed E-state index contributed by atoms with van der Waals surface area (Å²) in [5.74, 6) is -0.00159. The quantitative estimate of drug-likeness (QED) is 0.752. The van der Waals surface area contributed by atoms with Crippen LogP contribution in [0.1, 0.15) is 6.42 Å². The van der Waals surface area contributed by atoms with Crippen LogP contribution < -0.4 is 10.1 Å². The average molecular weight is 374 g/mol. The third-order valence-electron chi connectivity index (χ3n) is 3.98. The molecule has 1 N–H and O–H groups in total. The minimum atomic E-state index is -0.473. The van der Waals surface area contributed by atoms with Gasteiger partial charge in [0, 0.05) is 29.6 Å². The lowest BCUT2D eigenvalue weighted by molar-refractivity contribution is 0.123. The Kier molecular flexibility index (Phi) is 4.26. The van der Waals surface area contributed by atoms with E-state index in [1.807, 2.05) is 0 Å². The van der Waals surface area contributed by atoms with Crippen molar-refractivity contribution in [2.24, 2.45) is 0 Å². The Morgan fingerprint density at radius 3 is 2.85 bits per heavy atom. The topological polar surface area (TPSA) is 80.2 Å². The predicted octanol–water partition coefficient (Wildman–Crippen LogP) is 3.77. The number of aromatic nitrogens is 3. The highest BCUT2D eigenvalue weighted by Gasteiger charge is 2.22. The molecular formula is C17H13ClFN5O2. The Morgan fingerprint density at radius 2 is 2.08 bits per heavy atom. The van der Waals surface area contributed by atoms with Crippen molar-refractivity contribution in [1.82, 2.24) is 19.9 Å². The molecule has 3 heterocycles. The molecule has 1 aromatic carbocycles. The molecule has 0 bridgehead atoms. The number of nitrogens with zero attached hydrogens (tertiary/aromatic N) is 4. The van der Waals surface area contributed by atoms with Crippen LogP contribution in [0.15, 0.2) is 36.8 Å². The van der Waals surface area contributed by atoms with E-state index in [1.165, 1.54) is 36.8 Å². The van der Waals surface area contributed by atoms with Gasteiger partial charge in [-0.15, -0.1) is 0 Å². The average Bonchev–Trinajstić information content (AvgIpc) is 2.57. The van der Waals surface area contributed by atoms with E-state index in [4.69, 9.17) is 16.3 Å². The number of anilines is 2. The van der Waals surface area contributed by atoms with Crippen molar-refractivity contribution in [3.8, 4) is 5.88 Å². The first-order valence-electron chi connectivity index (χ1n) is 7.90. The second kappa shape index (κ2) is 6.72. The Labute approximate surface area is 152 Å². The van der Waals surface area contributed by atoms with Gasteiger partial charge in [0.05, 0.1) is 17.4 Å². The number of rotatable bonds is 3. The number of halogens is 2. The van der Waals surface area contributed by atoms with Crippen LogP contribution in [0.3, 0.4) is 0 Å². The Morgan fingerprint density at radius 1 is 1.23 bits per heavy atom. The number of likely N-dealkylation sites (tertiary alicyclic amines) is 1. The minimum Gasteiger partial charge on any atom is -0.391 e. The molecule has 0 spiro atoms. The molecule has 26 heavy (non-hydrogen) atoms. The van der Waals surface area contributed by atoms with Crippen molar-refractivity contribution in [3.63, 3.8) is 0 Å². The summed E-state index contributed by atoms with van der Waals surface area (Å²) in [6.07, 6.45) is 3.32. The number of carbonyl (C=O) groups excluding carboxylic acids is 1. The number of ether oxygens (including phenoxy) is 1. The zero-order valence-electron chi connectivity index (χ0n) is 13.4. The largest absolute Gasteiger partial charge is 0.416 e. The van der Waals surface area contributed by atoms with Gasteiger partial charge in [-0.3, -0.25) is 0 Å². The van der Waals surface area contributed by atoms with Gasteiger partial charge in [-0.25, -0.2) is 24.1 Å². The summed E-state index contributed by atoms with van der Waals surface area (Å²) in [7, 11) is 0. The first kappa shape index (κ1) is 16.5. The zero-order chi connectivity index (χ0) is 18.1. The van der Waals surface area contributed by atoms with Crippen LogP contribution in [0.5, 0.6) is 5.88 Å². The van der Waals surface area contributed by atoms with Crippen LogP contribution in [-0.2, 0) is 0 Å². The van der Waals surface area contributed by atoms with Crippen molar-refractivity contribution in [2.45, 2.75) is 6.42 Å². The van der Waals surface area contributed by atoms with Crippen molar-refractivity contribution in [3.05, 3.63) is 47.6 Å². The molecule has 1 fully saturated rings. The normalized spacial score (nSPS) is 13.4. The van der Waals surface area contributed by atoms with Crippen molar-refractivity contribution in [1.29, 1.82) is 0 Å². The molecule has 9 heteroatoms. The summed E-state index contributed by atoms with van der Waals surface area (Å²) in [4.78, 5) is 25.9. The molecule has 1 amide bonds. The van der Waals surface area contributed by atoms with E-state index in [0.29, 0.717) is 34.8 Å². The van der Waals surface area contributed by atoms with Gasteiger partial charge in [0.25, 0.3) is 0 Å². The molecule has 0 unspecified atom stereocenters. The van der Waals surface area contributed by atoms with Gasteiger partial charge in [0.2, 0.25) is 5.88 Å². The number of nitrogens with one attached hydrogen (secondary N) is 1. The van der Waals surface area contributed by atoms with Gasteiger partial charge in [0.15, 0.2) is 0 Å². The van der Waals surface area contributed by atoms with E-state index >= 15 is 0 Å². The summed E-state index contributed by atoms with van der Waals surface area (Å²) in [5, 5.41) is 3.82. The van der Waals surface area contributed by atoms with Crippen LogP contribution in [-0.4, -0.2) is 39.0 Å². The third kappa shape index (κ3) is 3.23. The smallest absolute Gasteiger partial charge is 0.391 e. The molecule has 4 rings (SSSR count). The maximum Gasteiger partial charge on any atom is 0.416 e. The van der Waals surface area contributed by atoms with E-state index in [-0.39, 0.29) is 11.6 Å². The van der Waals surface area contributed by atoms with Gasteiger partial charge < -0.3 is 15.0 Å². The molecule has 132 valence electrons. The number of carbonyl (C=O) groups is 1. The summed E-state index contributed by atoms with van der Waals surface area (Å²) in [5.41, 5.74) is 0.696. The van der Waals surface area contributed by atoms with E-state index in [0.717, 1.165) is 6.42 Å². The highest BCUT2D eigenvalue weighted by molar-refractivity contribution is 6.30. The molecule has 1 aliphatic heterocycles. The third-order valence-corrected chi connectivity index (χ3v) is 4.22. The Hall–Kier alpha value is -3.00. The van der Waals surface area contributed by atoms with Gasteiger partial charge >= 0.3 is 6.09 Å². The maximum absolute atomic E-state index is 14.0. The lowest BCUT2D eigenvalue weighted by Gasteiger charge is -2.29. The van der Waals surface area contributed by atoms with Crippen molar-refractivity contribution >= 4 is 40.1 Å². The van der Waals surface area contributed by atoms with E-state index < -0.39 is 11.9 Å². The maximum atomic E-state index is 14.0. The molecule has 0 radical (unpaired) electrons. The lowest BCUT2D eigenvalue weighted by Crippen LogP contribution is -2.43. The standard InChI is InChI=1S/C17H13ClFN5O2/c18-10-2-3-12(19)13(6-10)23-16-11-7-15(20-8-14(11)21-9-22-16)26-17(25)24-4-1-5-24/h2-3,6-9H,1,4-5H2,(H,21,22,23). The summed E-state index contributed by atoms with van der Waals surface area (Å²) >= 11 is 5.92. The minimum absolute atomic E-state index is 0.124. The monoisotopic (exact) mass is 373 g/mol. The molecule has 1 saturated heterocycles. The molecular weight excluding hydrogens is 361 g/mol. The van der Waals surface area contributed by atoms with Gasteiger partial charge in [0.1, 0.15) is 18.0 Å². The van der Waals surface area contributed by atoms with Crippen molar-refractivity contribution < 1.29 is 13.9 Å². The Balaban J connectivity index is 1.66. The molecule has 1 aliphatic rings. The number of benzene rings is 1. The number of hydrogen-bond acceptors (Lipinski definition) is 6. The first-order valence-corrected chi connectivity index (χ1v) is 8.27. The molecule has 7 nitrogen and oxygen atoms in total. The second-order valence-corrected chi connectivity index (χ2v) is 6.16. The van der Waals surface area contributed by atoms with Gasteiger partial charge in [-0.05, 0) is 24.6 Å². The number of pyridine rings is 1. The lowest BCUT2D eigenvalue weighted by atomic mass is 10.2. The molecule has 0 aliphatic carbocycles. The Bertz CT molecular complexity index is 996. The summed E-state index contributed by atoms with van der Waals surface area (Å²) in [6.45, 7) is 1.35. The van der Waals surface area contributed by atoms with Crippen LogP contribution in [0.2, 0.25) is 5.02 Å². The fraction of sp³-hybridized carbons (Fsp3) is 0.176. The van der Waals surface area contributed by atoms with E-state index in [9.17, 15) is 9.18 Å². The van der Waals surface area contributed by atoms with Crippen LogP contribution >= 0.6 is 11.6 Å². The fourth-order valence-electron chi connectivity index (χ4n) is 2.47. The fourth-order valence-corrected chi connectivity index (χ4v) is 2.64. The van der Waals surface area contributed by atoms with E-state index in [2.05, 4.69) is 20.3 Å². The van der Waals surface area contributed by atoms with Crippen molar-refractivity contribution in [2.75, 3.05) is 18.4 Å². The number of amides is 1. The second-order valence-electron chi connectivity index (χ2n) is 5.72. The molecule has 0 atom stereocenters. The van der Waals surface area contributed by atoms with Crippen LogP contribution in [0.4, 0.5) is 20.7 Å². The van der Waals surface area contributed by atoms with E-state index in [1.54, 1.807) is 4.90 Å². The number of fused-ring (bicyclic) bond motifs is 1.